The van der Waals surface area contributed by atoms with Crippen molar-refractivity contribution in [1.82, 2.24) is 10.2 Å². The number of hydrogen-bond donors (Lipinski definition) is 2. The van der Waals surface area contributed by atoms with Crippen LogP contribution in [0.25, 0.3) is 0 Å². The smallest absolute Gasteiger partial charge is 0.244 e. The largest absolute Gasteiger partial charge is 0.495 e. The molecule has 6 heteroatoms. The van der Waals surface area contributed by atoms with Crippen LogP contribution in [0.2, 0.25) is 0 Å². The number of methoxy groups -OCH3 is 1. The molecule has 6 nitrogen and oxygen atoms in total. The van der Waals surface area contributed by atoms with Crippen LogP contribution in [0, 0.1) is 0 Å². The Kier molecular flexibility index (Phi) is 4.47. The molecule has 114 valence electrons. The molecule has 0 spiro atoms. The van der Waals surface area contributed by atoms with Gasteiger partial charge in [-0.15, -0.1) is 0 Å². The van der Waals surface area contributed by atoms with Crippen molar-refractivity contribution in [3.8, 4) is 5.75 Å². The van der Waals surface area contributed by atoms with Gasteiger partial charge in [0.05, 0.1) is 24.9 Å². The highest BCUT2D eigenvalue weighted by Crippen LogP contribution is 2.23. The monoisotopic (exact) mass is 291 g/mol. The fourth-order valence-corrected chi connectivity index (χ4v) is 2.34. The van der Waals surface area contributed by atoms with E-state index in [-0.39, 0.29) is 18.4 Å². The lowest BCUT2D eigenvalue weighted by molar-refractivity contribution is -0.142. The van der Waals surface area contributed by atoms with Crippen molar-refractivity contribution in [1.29, 1.82) is 0 Å². The van der Waals surface area contributed by atoms with E-state index in [0.717, 1.165) is 0 Å². The zero-order valence-electron chi connectivity index (χ0n) is 12.6. The van der Waals surface area contributed by atoms with E-state index >= 15 is 0 Å². The second-order valence-corrected chi connectivity index (χ2v) is 5.53. The molecule has 1 heterocycles. The third kappa shape index (κ3) is 3.52. The Morgan fingerprint density at radius 2 is 2.14 bits per heavy atom. The zero-order chi connectivity index (χ0) is 15.5. The number of ether oxygens (including phenoxy) is 1. The topological polar surface area (TPSA) is 70.7 Å². The predicted octanol–water partition coefficient (Wildman–Crippen LogP) is 0.844. The van der Waals surface area contributed by atoms with Crippen LogP contribution in [0.3, 0.4) is 0 Å². The number of rotatable bonds is 4. The van der Waals surface area contributed by atoms with E-state index < -0.39 is 5.54 Å². The van der Waals surface area contributed by atoms with Gasteiger partial charge in [-0.1, -0.05) is 12.1 Å². The van der Waals surface area contributed by atoms with Gasteiger partial charge in [-0.25, -0.2) is 0 Å². The molecule has 1 saturated heterocycles. The van der Waals surface area contributed by atoms with E-state index in [1.54, 1.807) is 24.1 Å². The van der Waals surface area contributed by atoms with Crippen LogP contribution in [-0.2, 0) is 9.59 Å². The molecule has 2 rings (SSSR count). The molecule has 0 aromatic heterocycles. The molecule has 21 heavy (non-hydrogen) atoms. The first kappa shape index (κ1) is 15.3. The number of nitrogens with one attached hydrogen (secondary N) is 2. The van der Waals surface area contributed by atoms with Gasteiger partial charge in [0.15, 0.2) is 0 Å². The molecule has 1 aliphatic heterocycles. The second-order valence-electron chi connectivity index (χ2n) is 5.53. The van der Waals surface area contributed by atoms with Crippen LogP contribution in [-0.4, -0.2) is 49.0 Å². The van der Waals surface area contributed by atoms with Crippen LogP contribution in [0.15, 0.2) is 24.3 Å². The van der Waals surface area contributed by atoms with Crippen molar-refractivity contribution in [2.24, 2.45) is 0 Å². The van der Waals surface area contributed by atoms with Crippen molar-refractivity contribution in [2.45, 2.75) is 19.4 Å². The first-order valence-corrected chi connectivity index (χ1v) is 6.91. The van der Waals surface area contributed by atoms with Crippen LogP contribution in [0.1, 0.15) is 13.8 Å². The third-order valence-electron chi connectivity index (χ3n) is 3.49. The van der Waals surface area contributed by atoms with Gasteiger partial charge in [0.2, 0.25) is 11.8 Å². The minimum absolute atomic E-state index is 0.0436. The summed E-state index contributed by atoms with van der Waals surface area (Å²) < 4.78 is 5.19. The SMILES string of the molecule is COc1ccccc1NC(=O)CN1CCNC(C)(C)C1=O. The van der Waals surface area contributed by atoms with Gasteiger partial charge in [0.25, 0.3) is 0 Å². The number of anilines is 1. The average molecular weight is 291 g/mol. The van der Waals surface area contributed by atoms with Gasteiger partial charge in [-0.3, -0.25) is 9.59 Å². The maximum Gasteiger partial charge on any atom is 0.244 e. The summed E-state index contributed by atoms with van der Waals surface area (Å²) in [7, 11) is 1.55. The van der Waals surface area contributed by atoms with Gasteiger partial charge in [-0.05, 0) is 26.0 Å². The highest BCUT2D eigenvalue weighted by atomic mass is 16.5. The first-order chi connectivity index (χ1) is 9.94. The predicted molar refractivity (Wildman–Crippen MR) is 80.3 cm³/mol. The van der Waals surface area contributed by atoms with Gasteiger partial charge >= 0.3 is 0 Å². The Bertz CT molecular complexity index is 543. The lowest BCUT2D eigenvalue weighted by Gasteiger charge is -2.37. The van der Waals surface area contributed by atoms with Gasteiger partial charge in [0.1, 0.15) is 5.75 Å². The summed E-state index contributed by atoms with van der Waals surface area (Å²) in [6.45, 7) is 4.89. The number of nitrogens with zero attached hydrogens (tertiary/aromatic N) is 1. The number of benzene rings is 1. The molecule has 2 amide bonds. The van der Waals surface area contributed by atoms with E-state index in [1.807, 2.05) is 26.0 Å². The van der Waals surface area contributed by atoms with Gasteiger partial charge in [-0.2, -0.15) is 0 Å². The van der Waals surface area contributed by atoms with Crippen molar-refractivity contribution >= 4 is 17.5 Å². The molecule has 1 fully saturated rings. The van der Waals surface area contributed by atoms with Crippen LogP contribution >= 0.6 is 0 Å². The highest BCUT2D eigenvalue weighted by Gasteiger charge is 2.35. The van der Waals surface area contributed by atoms with E-state index in [1.165, 1.54) is 0 Å². The molecule has 0 saturated carbocycles. The molecule has 1 aromatic rings. The number of para-hydroxylation sites is 2. The molecule has 0 bridgehead atoms. The fraction of sp³-hybridized carbons (Fsp3) is 0.467. The highest BCUT2D eigenvalue weighted by molar-refractivity contribution is 5.97. The molecule has 0 radical (unpaired) electrons. The molecular formula is C15H21N3O3. The minimum Gasteiger partial charge on any atom is -0.495 e. The number of hydrogen-bond acceptors (Lipinski definition) is 4. The lowest BCUT2D eigenvalue weighted by Crippen LogP contribution is -2.62. The second kappa shape index (κ2) is 6.13. The van der Waals surface area contributed by atoms with Gasteiger partial charge < -0.3 is 20.3 Å². The maximum absolute atomic E-state index is 12.2. The van der Waals surface area contributed by atoms with Crippen molar-refractivity contribution in [3.63, 3.8) is 0 Å². The lowest BCUT2D eigenvalue weighted by atomic mass is 10.0. The van der Waals surface area contributed by atoms with Crippen molar-refractivity contribution < 1.29 is 14.3 Å². The summed E-state index contributed by atoms with van der Waals surface area (Å²) in [5.74, 6) is 0.298. The third-order valence-corrected chi connectivity index (χ3v) is 3.49. The normalized spacial score (nSPS) is 17.5. The summed E-state index contributed by atoms with van der Waals surface area (Å²) in [6.07, 6.45) is 0. The molecule has 0 aliphatic carbocycles. The number of carbonyl (C=O) groups excluding carboxylic acids is 2. The van der Waals surface area contributed by atoms with E-state index in [4.69, 9.17) is 4.74 Å². The summed E-state index contributed by atoms with van der Waals surface area (Å²) in [5.41, 5.74) is -0.0185. The minimum atomic E-state index is -0.622. The number of piperazine rings is 1. The Morgan fingerprint density at radius 3 is 2.86 bits per heavy atom. The number of carbonyl (C=O) groups is 2. The molecule has 0 atom stereocenters. The first-order valence-electron chi connectivity index (χ1n) is 6.91. The standard InChI is InChI=1S/C15H21N3O3/c1-15(2)14(20)18(9-8-16-15)10-13(19)17-11-6-4-5-7-12(11)21-3/h4-7,16H,8-10H2,1-3H3,(H,17,19). The summed E-state index contributed by atoms with van der Waals surface area (Å²) in [5, 5.41) is 5.91. The van der Waals surface area contributed by atoms with E-state index in [2.05, 4.69) is 10.6 Å². The summed E-state index contributed by atoms with van der Waals surface area (Å²) in [6, 6.07) is 7.18. The molecule has 1 aromatic carbocycles. The Hall–Kier alpha value is -2.08. The van der Waals surface area contributed by atoms with E-state index in [9.17, 15) is 9.59 Å². The summed E-state index contributed by atoms with van der Waals surface area (Å²) in [4.78, 5) is 25.9. The fourth-order valence-electron chi connectivity index (χ4n) is 2.34. The Balaban J connectivity index is 2.00. The average Bonchev–Trinajstić information content (AvgIpc) is 2.44. The molecule has 0 unspecified atom stereocenters. The van der Waals surface area contributed by atoms with Crippen molar-refractivity contribution in [3.05, 3.63) is 24.3 Å². The van der Waals surface area contributed by atoms with Crippen LogP contribution in [0.5, 0.6) is 5.75 Å². The van der Waals surface area contributed by atoms with Gasteiger partial charge in [0, 0.05) is 13.1 Å². The Labute approximate surface area is 124 Å². The Morgan fingerprint density at radius 1 is 1.43 bits per heavy atom. The molecular weight excluding hydrogens is 270 g/mol. The van der Waals surface area contributed by atoms with Crippen molar-refractivity contribution in [2.75, 3.05) is 32.1 Å². The molecule has 1 aliphatic rings. The van der Waals surface area contributed by atoms with E-state index in [0.29, 0.717) is 24.5 Å². The van der Waals surface area contributed by atoms with Crippen LogP contribution < -0.4 is 15.4 Å². The maximum atomic E-state index is 12.2. The zero-order valence-corrected chi connectivity index (χ0v) is 12.6. The quantitative estimate of drug-likeness (QED) is 0.862. The molecule has 2 N–H and O–H groups in total. The number of amides is 2. The summed E-state index contributed by atoms with van der Waals surface area (Å²) >= 11 is 0. The van der Waals surface area contributed by atoms with Crippen LogP contribution in [0.4, 0.5) is 5.69 Å².